The van der Waals surface area contributed by atoms with Gasteiger partial charge in [0.05, 0.1) is 40.7 Å². The van der Waals surface area contributed by atoms with E-state index in [-0.39, 0.29) is 12.1 Å². The second kappa shape index (κ2) is 7.17. The first-order valence-corrected chi connectivity index (χ1v) is 9.71. The lowest BCUT2D eigenvalue weighted by Crippen LogP contribution is -2.54. The highest BCUT2D eigenvalue weighted by Crippen LogP contribution is 2.41. The second-order valence-electron chi connectivity index (χ2n) is 7.00. The smallest absolute Gasteiger partial charge is 0.322 e. The second-order valence-corrected chi connectivity index (χ2v) is 8.31. The summed E-state index contributed by atoms with van der Waals surface area (Å²) in [6, 6.07) is -0.632. The first-order valence-electron chi connectivity index (χ1n) is 8.54. The Kier molecular flexibility index (Phi) is 4.84. The minimum Gasteiger partial charge on any atom is -0.482 e. The molecule has 146 valence electrons. The zero-order valence-corrected chi connectivity index (χ0v) is 17.5. The summed E-state index contributed by atoms with van der Waals surface area (Å²) in [5.74, 6) is 1.03. The van der Waals surface area contributed by atoms with Crippen LogP contribution in [0.5, 0.6) is 5.75 Å². The van der Waals surface area contributed by atoms with Crippen molar-refractivity contribution in [2.75, 3.05) is 11.4 Å². The molecule has 1 unspecified atom stereocenters. The number of carbonyl (C=O) groups is 1. The highest BCUT2D eigenvalue weighted by atomic mass is 79.9. The van der Waals surface area contributed by atoms with E-state index in [1.54, 1.807) is 35.9 Å². The van der Waals surface area contributed by atoms with Gasteiger partial charge in [-0.05, 0) is 29.8 Å². The van der Waals surface area contributed by atoms with E-state index in [1.807, 2.05) is 13.8 Å². The van der Waals surface area contributed by atoms with Crippen molar-refractivity contribution in [2.24, 2.45) is 4.99 Å². The van der Waals surface area contributed by atoms with E-state index < -0.39 is 5.60 Å². The number of pyridine rings is 1. The third-order valence-corrected chi connectivity index (χ3v) is 5.11. The summed E-state index contributed by atoms with van der Waals surface area (Å²) in [6.07, 6.45) is 8.37. The molecule has 0 aliphatic carbocycles. The molecule has 2 aliphatic heterocycles. The normalized spacial score (nSPS) is 20.6. The minimum atomic E-state index is -0.550. The van der Waals surface area contributed by atoms with Gasteiger partial charge in [-0.1, -0.05) is 11.6 Å². The monoisotopic (exact) mass is 465 g/mol. The van der Waals surface area contributed by atoms with Crippen LogP contribution in [-0.2, 0) is 0 Å². The van der Waals surface area contributed by atoms with Gasteiger partial charge in [0.2, 0.25) is 0 Å². The number of carbonyl (C=O) groups excluding carboxylic acids is 1. The fourth-order valence-electron chi connectivity index (χ4n) is 3.04. The summed E-state index contributed by atoms with van der Waals surface area (Å²) < 4.78 is 6.70. The van der Waals surface area contributed by atoms with Crippen LogP contribution >= 0.6 is 27.5 Å². The number of fused-ring (bicyclic) bond motifs is 1. The van der Waals surface area contributed by atoms with Gasteiger partial charge in [0, 0.05) is 18.8 Å². The molecule has 28 heavy (non-hydrogen) atoms. The molecule has 0 bridgehead atoms. The predicted molar refractivity (Wildman–Crippen MR) is 109 cm³/mol. The number of nitrogens with zero attached hydrogens (tertiary/aromatic N) is 6. The third kappa shape index (κ3) is 3.61. The van der Waals surface area contributed by atoms with E-state index in [0.717, 1.165) is 0 Å². The molecule has 2 amide bonds. The molecule has 2 aromatic rings. The Labute approximate surface area is 174 Å². The summed E-state index contributed by atoms with van der Waals surface area (Å²) in [7, 11) is 0. The van der Waals surface area contributed by atoms with Crippen LogP contribution in [0.15, 0.2) is 39.3 Å². The largest absolute Gasteiger partial charge is 0.482 e. The van der Waals surface area contributed by atoms with Gasteiger partial charge < -0.3 is 10.1 Å². The summed E-state index contributed by atoms with van der Waals surface area (Å²) in [6.45, 7) is 4.22. The molecule has 0 spiro atoms. The van der Waals surface area contributed by atoms with Gasteiger partial charge in [0.25, 0.3) is 0 Å². The Morgan fingerprint density at radius 3 is 2.82 bits per heavy atom. The number of anilines is 1. The number of ether oxygens (including phenoxy) is 1. The fraction of sp³-hybridized carbons (Fsp3) is 0.353. The molecule has 4 heterocycles. The SMILES string of the molecule is CC1(C)CN(C(=O)NC2C=NC(n3nccn3)=C(Cl)C2)c2cncc(Br)c2O1. The van der Waals surface area contributed by atoms with E-state index >= 15 is 0 Å². The van der Waals surface area contributed by atoms with Crippen LogP contribution in [-0.4, -0.2) is 50.4 Å². The molecular weight excluding hydrogens is 450 g/mol. The number of amides is 2. The van der Waals surface area contributed by atoms with Gasteiger partial charge >= 0.3 is 6.03 Å². The average Bonchev–Trinajstić information content (AvgIpc) is 3.16. The molecule has 0 fully saturated rings. The minimum absolute atomic E-state index is 0.279. The van der Waals surface area contributed by atoms with E-state index in [4.69, 9.17) is 16.3 Å². The van der Waals surface area contributed by atoms with Crippen LogP contribution in [0.4, 0.5) is 10.5 Å². The van der Waals surface area contributed by atoms with Crippen molar-refractivity contribution >= 4 is 51.3 Å². The number of nitrogens with one attached hydrogen (secondary N) is 1. The maximum atomic E-state index is 13.0. The maximum absolute atomic E-state index is 13.0. The molecule has 0 radical (unpaired) electrons. The quantitative estimate of drug-likeness (QED) is 0.734. The van der Waals surface area contributed by atoms with Crippen molar-refractivity contribution in [1.82, 2.24) is 25.3 Å². The average molecular weight is 467 g/mol. The number of hydrogen-bond donors (Lipinski definition) is 1. The highest BCUT2D eigenvalue weighted by Gasteiger charge is 2.37. The van der Waals surface area contributed by atoms with E-state index in [1.165, 1.54) is 4.80 Å². The lowest BCUT2D eigenvalue weighted by atomic mass is 10.1. The number of aromatic nitrogens is 4. The molecule has 2 aromatic heterocycles. The van der Waals surface area contributed by atoms with Crippen molar-refractivity contribution < 1.29 is 9.53 Å². The lowest BCUT2D eigenvalue weighted by Gasteiger charge is -2.40. The summed E-state index contributed by atoms with van der Waals surface area (Å²) in [4.78, 5) is 24.4. The van der Waals surface area contributed by atoms with Gasteiger partial charge in [-0.3, -0.25) is 9.88 Å². The van der Waals surface area contributed by atoms with Gasteiger partial charge in [-0.25, -0.2) is 9.79 Å². The zero-order chi connectivity index (χ0) is 19.9. The van der Waals surface area contributed by atoms with Crippen molar-refractivity contribution in [3.05, 3.63) is 34.3 Å². The van der Waals surface area contributed by atoms with E-state index in [2.05, 4.69) is 41.4 Å². The van der Waals surface area contributed by atoms with Crippen molar-refractivity contribution in [1.29, 1.82) is 0 Å². The van der Waals surface area contributed by atoms with Crippen LogP contribution in [0.25, 0.3) is 5.82 Å². The number of rotatable bonds is 2. The van der Waals surface area contributed by atoms with Gasteiger partial charge in [0.1, 0.15) is 11.3 Å². The Hall–Kier alpha value is -2.46. The zero-order valence-electron chi connectivity index (χ0n) is 15.1. The molecule has 4 rings (SSSR count). The summed E-state index contributed by atoms with van der Waals surface area (Å²) in [5, 5.41) is 11.5. The standard InChI is InChI=1S/C17H17BrClN7O2/c1-17(2)9-25(13-8-20-7-11(18)14(13)28-17)16(27)24-10-5-12(19)15(21-6-10)26-22-3-4-23-26/h3-4,6-8,10H,5,9H2,1-2H3,(H,24,27). The Balaban J connectivity index is 1.52. The molecule has 1 N–H and O–H groups in total. The fourth-order valence-corrected chi connectivity index (χ4v) is 3.73. The maximum Gasteiger partial charge on any atom is 0.322 e. The molecule has 0 saturated carbocycles. The molecular formula is C17H17BrClN7O2. The summed E-state index contributed by atoms with van der Waals surface area (Å²) in [5.41, 5.74) is 0.0488. The highest BCUT2D eigenvalue weighted by molar-refractivity contribution is 9.10. The van der Waals surface area contributed by atoms with E-state index in [9.17, 15) is 4.79 Å². The molecule has 1 atom stereocenters. The lowest BCUT2D eigenvalue weighted by molar-refractivity contribution is 0.105. The van der Waals surface area contributed by atoms with Gasteiger partial charge in [-0.2, -0.15) is 10.2 Å². The number of urea groups is 1. The van der Waals surface area contributed by atoms with Crippen LogP contribution < -0.4 is 15.0 Å². The van der Waals surface area contributed by atoms with E-state index in [0.29, 0.717) is 39.7 Å². The molecule has 9 nitrogen and oxygen atoms in total. The molecule has 2 aliphatic rings. The van der Waals surface area contributed by atoms with Crippen LogP contribution in [0.2, 0.25) is 0 Å². The number of halogens is 2. The number of aliphatic imine (C=N–C) groups is 1. The van der Waals surface area contributed by atoms with Crippen molar-refractivity contribution in [3.63, 3.8) is 0 Å². The number of hydrogen-bond acceptors (Lipinski definition) is 6. The predicted octanol–water partition coefficient (Wildman–Crippen LogP) is 3.03. The Bertz CT molecular complexity index is 974. The third-order valence-electron chi connectivity index (χ3n) is 4.22. The van der Waals surface area contributed by atoms with Crippen LogP contribution in [0, 0.1) is 0 Å². The first kappa shape index (κ1) is 18.9. The Morgan fingerprint density at radius 1 is 1.36 bits per heavy atom. The van der Waals surface area contributed by atoms with Crippen LogP contribution in [0.1, 0.15) is 20.3 Å². The molecule has 11 heteroatoms. The summed E-state index contributed by atoms with van der Waals surface area (Å²) >= 11 is 9.79. The van der Waals surface area contributed by atoms with Crippen molar-refractivity contribution in [2.45, 2.75) is 31.9 Å². The first-order chi connectivity index (χ1) is 13.3. The Morgan fingerprint density at radius 2 is 2.11 bits per heavy atom. The van der Waals surface area contributed by atoms with Crippen LogP contribution in [0.3, 0.4) is 0 Å². The molecule has 0 saturated heterocycles. The van der Waals surface area contributed by atoms with Gasteiger partial charge in [-0.15, -0.1) is 4.80 Å². The van der Waals surface area contributed by atoms with Gasteiger partial charge in [0.15, 0.2) is 11.6 Å². The topological polar surface area (TPSA) is 97.5 Å². The van der Waals surface area contributed by atoms with Crippen molar-refractivity contribution in [3.8, 4) is 5.75 Å². The molecule has 0 aromatic carbocycles.